The summed E-state index contributed by atoms with van der Waals surface area (Å²) in [6, 6.07) is 14.4. The monoisotopic (exact) mass is 363 g/mol. The Morgan fingerprint density at radius 2 is 1.63 bits per heavy atom. The molecule has 0 radical (unpaired) electrons. The lowest BCUT2D eigenvalue weighted by Gasteiger charge is -2.21. The minimum absolute atomic E-state index is 0.0940. The molecule has 0 saturated carbocycles. The highest BCUT2D eigenvalue weighted by Crippen LogP contribution is 2.13. The van der Waals surface area contributed by atoms with E-state index in [4.69, 9.17) is 8.83 Å². The number of furan rings is 2. The summed E-state index contributed by atoms with van der Waals surface area (Å²) in [5, 5.41) is 0. The lowest BCUT2D eigenvalue weighted by atomic mass is 10.3. The molecule has 0 atom stereocenters. The quantitative estimate of drug-likeness (QED) is 0.526. The summed E-state index contributed by atoms with van der Waals surface area (Å²) in [7, 11) is 0. The van der Waals surface area contributed by atoms with Crippen molar-refractivity contribution in [3.05, 3.63) is 89.1 Å². The molecule has 0 fully saturated rings. The smallest absolute Gasteiger partial charge is 0.269 e. The SMILES string of the molecule is O=C(Cn1c(=O)cnc2ccccc21)N(Cc1ccco1)Cc1ccco1. The fourth-order valence-electron chi connectivity index (χ4n) is 2.93. The number of aromatic nitrogens is 2. The molecule has 7 heteroatoms. The zero-order chi connectivity index (χ0) is 18.6. The zero-order valence-electron chi connectivity index (χ0n) is 14.4. The maximum Gasteiger partial charge on any atom is 0.269 e. The normalized spacial score (nSPS) is 11.0. The van der Waals surface area contributed by atoms with Crippen molar-refractivity contribution in [3.8, 4) is 0 Å². The van der Waals surface area contributed by atoms with Crippen LogP contribution in [0.2, 0.25) is 0 Å². The summed E-state index contributed by atoms with van der Waals surface area (Å²) >= 11 is 0. The highest BCUT2D eigenvalue weighted by Gasteiger charge is 2.19. The van der Waals surface area contributed by atoms with E-state index in [0.29, 0.717) is 22.6 Å². The van der Waals surface area contributed by atoms with Crippen LogP contribution in [0.4, 0.5) is 0 Å². The average Bonchev–Trinajstić information content (AvgIpc) is 3.37. The predicted octanol–water partition coefficient (Wildman–Crippen LogP) is 2.81. The van der Waals surface area contributed by atoms with Gasteiger partial charge in [0.05, 0.1) is 42.8 Å². The van der Waals surface area contributed by atoms with Gasteiger partial charge in [0.25, 0.3) is 5.56 Å². The van der Waals surface area contributed by atoms with Gasteiger partial charge in [-0.25, -0.2) is 4.98 Å². The van der Waals surface area contributed by atoms with E-state index in [1.165, 1.54) is 10.8 Å². The van der Waals surface area contributed by atoms with Crippen LogP contribution in [-0.2, 0) is 24.4 Å². The van der Waals surface area contributed by atoms with E-state index in [9.17, 15) is 9.59 Å². The molecule has 3 aromatic heterocycles. The van der Waals surface area contributed by atoms with Gasteiger partial charge in [0, 0.05) is 0 Å². The number of fused-ring (bicyclic) bond motifs is 1. The largest absolute Gasteiger partial charge is 0.467 e. The molecule has 0 N–H and O–H groups in total. The van der Waals surface area contributed by atoms with Crippen molar-refractivity contribution in [1.82, 2.24) is 14.5 Å². The van der Waals surface area contributed by atoms with Gasteiger partial charge in [-0.15, -0.1) is 0 Å². The Labute approximate surface area is 154 Å². The summed E-state index contributed by atoms with van der Waals surface area (Å²) in [5.41, 5.74) is 0.959. The Morgan fingerprint density at radius 3 is 2.26 bits per heavy atom. The first-order valence-electron chi connectivity index (χ1n) is 8.48. The van der Waals surface area contributed by atoms with E-state index < -0.39 is 0 Å². The molecule has 4 rings (SSSR count). The molecule has 7 nitrogen and oxygen atoms in total. The third-order valence-corrected chi connectivity index (χ3v) is 4.25. The standard InChI is InChI=1S/C20H17N3O4/c24-19-11-21-17-7-1-2-8-18(17)23(19)14-20(25)22(12-15-5-3-9-26-15)13-16-6-4-10-27-16/h1-11H,12-14H2. The van der Waals surface area contributed by atoms with E-state index in [-0.39, 0.29) is 31.1 Å². The van der Waals surface area contributed by atoms with Gasteiger partial charge in [-0.1, -0.05) is 12.1 Å². The summed E-state index contributed by atoms with van der Waals surface area (Å²) in [6.45, 7) is 0.470. The number of hydrogen-bond donors (Lipinski definition) is 0. The van der Waals surface area contributed by atoms with Gasteiger partial charge >= 0.3 is 0 Å². The molecule has 4 aromatic rings. The molecule has 0 aliphatic carbocycles. The molecular weight excluding hydrogens is 346 g/mol. The second kappa shape index (κ2) is 7.33. The van der Waals surface area contributed by atoms with Crippen LogP contribution < -0.4 is 5.56 Å². The summed E-state index contributed by atoms with van der Waals surface area (Å²) in [6.07, 6.45) is 4.36. The molecular formula is C20H17N3O4. The molecule has 0 aliphatic rings. The van der Waals surface area contributed by atoms with Gasteiger partial charge in [-0.05, 0) is 36.4 Å². The Kier molecular flexibility index (Phi) is 4.57. The number of carbonyl (C=O) groups excluding carboxylic acids is 1. The number of para-hydroxylation sites is 2. The van der Waals surface area contributed by atoms with Crippen LogP contribution in [0.1, 0.15) is 11.5 Å². The van der Waals surface area contributed by atoms with Gasteiger partial charge in [0.15, 0.2) is 0 Å². The third-order valence-electron chi connectivity index (χ3n) is 4.25. The lowest BCUT2D eigenvalue weighted by molar-refractivity contribution is -0.133. The molecule has 0 unspecified atom stereocenters. The van der Waals surface area contributed by atoms with Crippen molar-refractivity contribution in [3.63, 3.8) is 0 Å². The maximum absolute atomic E-state index is 13.0. The molecule has 0 spiro atoms. The zero-order valence-corrected chi connectivity index (χ0v) is 14.4. The van der Waals surface area contributed by atoms with Crippen LogP contribution >= 0.6 is 0 Å². The Bertz CT molecular complexity index is 1060. The first kappa shape index (κ1) is 16.8. The number of amides is 1. The van der Waals surface area contributed by atoms with Crippen molar-refractivity contribution in [2.24, 2.45) is 0 Å². The summed E-state index contributed by atoms with van der Waals surface area (Å²) < 4.78 is 12.2. The second-order valence-electron chi connectivity index (χ2n) is 6.08. The van der Waals surface area contributed by atoms with E-state index in [1.54, 1.807) is 53.8 Å². The van der Waals surface area contributed by atoms with Gasteiger partial charge < -0.3 is 13.7 Å². The van der Waals surface area contributed by atoms with Crippen molar-refractivity contribution in [1.29, 1.82) is 0 Å². The van der Waals surface area contributed by atoms with Crippen molar-refractivity contribution in [2.45, 2.75) is 19.6 Å². The highest BCUT2D eigenvalue weighted by molar-refractivity contribution is 5.80. The molecule has 136 valence electrons. The van der Waals surface area contributed by atoms with Gasteiger partial charge in [-0.3, -0.25) is 14.2 Å². The van der Waals surface area contributed by atoms with Crippen LogP contribution in [-0.4, -0.2) is 20.4 Å². The predicted molar refractivity (Wildman–Crippen MR) is 97.7 cm³/mol. The van der Waals surface area contributed by atoms with Crippen molar-refractivity contribution < 1.29 is 13.6 Å². The third kappa shape index (κ3) is 3.67. The van der Waals surface area contributed by atoms with Crippen LogP contribution in [0.5, 0.6) is 0 Å². The minimum atomic E-state index is -0.321. The lowest BCUT2D eigenvalue weighted by Crippen LogP contribution is -2.35. The van der Waals surface area contributed by atoms with Crippen molar-refractivity contribution >= 4 is 16.9 Å². The fraction of sp³-hybridized carbons (Fsp3) is 0.150. The Hall–Kier alpha value is -3.61. The number of nitrogens with zero attached hydrogens (tertiary/aromatic N) is 3. The number of benzene rings is 1. The Morgan fingerprint density at radius 1 is 0.963 bits per heavy atom. The van der Waals surface area contributed by atoms with Gasteiger partial charge in [0.1, 0.15) is 18.1 Å². The number of hydrogen-bond acceptors (Lipinski definition) is 5. The molecule has 0 bridgehead atoms. The van der Waals surface area contributed by atoms with Gasteiger partial charge in [0.2, 0.25) is 5.91 Å². The van der Waals surface area contributed by atoms with E-state index >= 15 is 0 Å². The van der Waals surface area contributed by atoms with Crippen LogP contribution in [0.25, 0.3) is 11.0 Å². The van der Waals surface area contributed by atoms with E-state index in [0.717, 1.165) is 0 Å². The molecule has 1 amide bonds. The first-order chi connectivity index (χ1) is 13.2. The number of rotatable bonds is 6. The molecule has 3 heterocycles. The summed E-state index contributed by atoms with van der Waals surface area (Å²) in [4.78, 5) is 31.1. The highest BCUT2D eigenvalue weighted by atomic mass is 16.3. The average molecular weight is 363 g/mol. The maximum atomic E-state index is 13.0. The number of carbonyl (C=O) groups is 1. The summed E-state index contributed by atoms with van der Waals surface area (Å²) in [5.74, 6) is 1.09. The molecule has 0 saturated heterocycles. The fourth-order valence-corrected chi connectivity index (χ4v) is 2.93. The van der Waals surface area contributed by atoms with Gasteiger partial charge in [-0.2, -0.15) is 0 Å². The first-order valence-corrected chi connectivity index (χ1v) is 8.48. The van der Waals surface area contributed by atoms with E-state index in [2.05, 4.69) is 4.98 Å². The topological polar surface area (TPSA) is 81.5 Å². The van der Waals surface area contributed by atoms with E-state index in [1.807, 2.05) is 12.1 Å². The molecule has 0 aliphatic heterocycles. The van der Waals surface area contributed by atoms with Crippen LogP contribution in [0.3, 0.4) is 0 Å². The minimum Gasteiger partial charge on any atom is -0.467 e. The van der Waals surface area contributed by atoms with Crippen molar-refractivity contribution in [2.75, 3.05) is 0 Å². The second-order valence-corrected chi connectivity index (χ2v) is 6.08. The van der Waals surface area contributed by atoms with Crippen LogP contribution in [0, 0.1) is 0 Å². The van der Waals surface area contributed by atoms with Crippen LogP contribution in [0.15, 0.2) is 80.9 Å². The molecule has 1 aromatic carbocycles. The Balaban J connectivity index is 1.63. The molecule has 27 heavy (non-hydrogen) atoms.